The van der Waals surface area contributed by atoms with E-state index >= 15 is 0 Å². The third-order valence-corrected chi connectivity index (χ3v) is 1.63. The highest BCUT2D eigenvalue weighted by Gasteiger charge is 1.75. The van der Waals surface area contributed by atoms with Crippen molar-refractivity contribution >= 4 is 29.7 Å². The average Bonchev–Trinajstić information content (AvgIpc) is 2.64. The second kappa shape index (κ2) is 5.87. The minimum Gasteiger partial charge on any atom is -0.248 e. The van der Waals surface area contributed by atoms with Crippen LogP contribution in [0.5, 0.6) is 0 Å². The number of allylic oxidation sites excluding steroid dienone is 1. The maximum absolute atomic E-state index is 3.68. The smallest absolute Gasteiger partial charge is 0.0620 e. The van der Waals surface area contributed by atoms with Crippen molar-refractivity contribution in [1.82, 2.24) is 14.4 Å². The molecule has 1 aliphatic heterocycles. The van der Waals surface area contributed by atoms with Crippen LogP contribution in [0.2, 0.25) is 0 Å². The van der Waals surface area contributed by atoms with Crippen LogP contribution in [0.3, 0.4) is 0 Å². The summed E-state index contributed by atoms with van der Waals surface area (Å²) in [5.41, 5.74) is 0. The van der Waals surface area contributed by atoms with E-state index in [9.17, 15) is 0 Å². The molecule has 0 saturated carbocycles. The molecule has 0 atom stereocenters. The molecular formula is C5H6N4S2. The van der Waals surface area contributed by atoms with E-state index in [1.165, 1.54) is 23.5 Å². The molecule has 1 aromatic heterocycles. The SMILES string of the molecule is C1=CSNN=C1.c1csnn1. The molecule has 2 rings (SSSR count). The van der Waals surface area contributed by atoms with Crippen LogP contribution in [0.25, 0.3) is 0 Å². The summed E-state index contributed by atoms with van der Waals surface area (Å²) < 4.78 is 3.51. The Bertz CT molecular complexity index is 189. The van der Waals surface area contributed by atoms with Crippen molar-refractivity contribution in [2.75, 3.05) is 0 Å². The largest absolute Gasteiger partial charge is 0.248 e. The lowest BCUT2D eigenvalue weighted by Gasteiger charge is -1.92. The summed E-state index contributed by atoms with van der Waals surface area (Å²) in [6.07, 6.45) is 5.24. The number of hydrogen-bond donors (Lipinski definition) is 1. The molecule has 0 fully saturated rings. The predicted molar refractivity (Wildman–Crippen MR) is 48.3 cm³/mol. The van der Waals surface area contributed by atoms with Gasteiger partial charge in [0.05, 0.1) is 6.20 Å². The first-order valence-electron chi connectivity index (χ1n) is 2.80. The minimum atomic E-state index is 1.35. The number of nitrogens with one attached hydrogen (secondary N) is 1. The second-order valence-corrected chi connectivity index (χ2v) is 2.74. The highest BCUT2D eigenvalue weighted by Crippen LogP contribution is 1.95. The molecule has 0 aliphatic carbocycles. The first kappa shape index (κ1) is 8.22. The zero-order chi connectivity index (χ0) is 7.78. The second-order valence-electron chi connectivity index (χ2n) is 1.40. The standard InChI is InChI=1S/C3H4N2S.C2H2N2S/c1-2-4-5-6-3-1;1-2-5-4-3-1/h1-3,5H;1-2H. The molecule has 1 aromatic rings. The summed E-state index contributed by atoms with van der Waals surface area (Å²) in [7, 11) is 0. The Hall–Kier alpha value is -0.880. The fourth-order valence-corrected chi connectivity index (χ4v) is 0.948. The third kappa shape index (κ3) is 4.51. The molecule has 0 bridgehead atoms. The lowest BCUT2D eigenvalue weighted by Crippen LogP contribution is -1.91. The van der Waals surface area contributed by atoms with Gasteiger partial charge in [-0.3, -0.25) is 0 Å². The predicted octanol–water partition coefficient (Wildman–Crippen LogP) is 1.28. The maximum Gasteiger partial charge on any atom is 0.0620 e. The van der Waals surface area contributed by atoms with E-state index in [4.69, 9.17) is 0 Å². The summed E-state index contributed by atoms with van der Waals surface area (Å²) in [5, 5.41) is 10.9. The maximum atomic E-state index is 3.68. The Morgan fingerprint density at radius 1 is 1.36 bits per heavy atom. The van der Waals surface area contributed by atoms with Crippen molar-refractivity contribution in [2.24, 2.45) is 5.10 Å². The van der Waals surface area contributed by atoms with Gasteiger partial charge in [-0.25, -0.2) is 4.83 Å². The van der Waals surface area contributed by atoms with E-state index in [0.717, 1.165) is 0 Å². The van der Waals surface area contributed by atoms with Gasteiger partial charge in [0.15, 0.2) is 0 Å². The van der Waals surface area contributed by atoms with Gasteiger partial charge in [-0.1, -0.05) is 4.49 Å². The van der Waals surface area contributed by atoms with Crippen LogP contribution in [0.4, 0.5) is 0 Å². The van der Waals surface area contributed by atoms with Gasteiger partial charge in [0.2, 0.25) is 0 Å². The van der Waals surface area contributed by atoms with Gasteiger partial charge in [-0.2, -0.15) is 5.10 Å². The fourth-order valence-electron chi connectivity index (χ4n) is 0.345. The van der Waals surface area contributed by atoms with E-state index in [1.807, 2.05) is 16.9 Å². The Morgan fingerprint density at radius 3 is 2.55 bits per heavy atom. The minimum absolute atomic E-state index is 1.35. The van der Waals surface area contributed by atoms with Gasteiger partial charge in [0.25, 0.3) is 0 Å². The van der Waals surface area contributed by atoms with Crippen molar-refractivity contribution in [3.8, 4) is 0 Å². The summed E-state index contributed by atoms with van der Waals surface area (Å²) in [6, 6.07) is 0. The number of hydrogen-bond acceptors (Lipinski definition) is 6. The first-order chi connectivity index (χ1) is 5.50. The van der Waals surface area contributed by atoms with Crippen LogP contribution in [0.1, 0.15) is 0 Å². The lowest BCUT2D eigenvalue weighted by molar-refractivity contribution is 1.13. The van der Waals surface area contributed by atoms with Crippen molar-refractivity contribution in [3.05, 3.63) is 23.1 Å². The van der Waals surface area contributed by atoms with Crippen molar-refractivity contribution in [3.63, 3.8) is 0 Å². The molecule has 6 heteroatoms. The molecule has 58 valence electrons. The number of nitrogens with zero attached hydrogens (tertiary/aromatic N) is 3. The normalized spacial score (nSPS) is 13.1. The van der Waals surface area contributed by atoms with E-state index in [2.05, 4.69) is 19.5 Å². The zero-order valence-electron chi connectivity index (χ0n) is 5.54. The van der Waals surface area contributed by atoms with Crippen LogP contribution in [-0.2, 0) is 0 Å². The fraction of sp³-hybridized carbons (Fsp3) is 0. The zero-order valence-corrected chi connectivity index (χ0v) is 7.18. The van der Waals surface area contributed by atoms with E-state index in [0.29, 0.717) is 0 Å². The topological polar surface area (TPSA) is 50.2 Å². The average molecular weight is 186 g/mol. The molecule has 0 radical (unpaired) electrons. The van der Waals surface area contributed by atoms with Gasteiger partial charge >= 0.3 is 0 Å². The molecule has 1 N–H and O–H groups in total. The molecule has 0 amide bonds. The number of rotatable bonds is 0. The van der Waals surface area contributed by atoms with E-state index < -0.39 is 0 Å². The van der Waals surface area contributed by atoms with Gasteiger partial charge < -0.3 is 0 Å². The summed E-state index contributed by atoms with van der Waals surface area (Å²) in [5.74, 6) is 0. The quantitative estimate of drug-likeness (QED) is 0.620. The Balaban J connectivity index is 0.000000112. The molecule has 0 saturated heterocycles. The molecule has 0 aromatic carbocycles. The molecule has 4 nitrogen and oxygen atoms in total. The first-order valence-corrected chi connectivity index (χ1v) is 4.51. The van der Waals surface area contributed by atoms with Gasteiger partial charge in [-0.05, 0) is 35.0 Å². The van der Waals surface area contributed by atoms with Crippen molar-refractivity contribution in [1.29, 1.82) is 0 Å². The molecular weight excluding hydrogens is 180 g/mol. The van der Waals surface area contributed by atoms with Crippen LogP contribution >= 0.6 is 23.5 Å². The van der Waals surface area contributed by atoms with Crippen LogP contribution in [0, 0.1) is 0 Å². The molecule has 2 heterocycles. The highest BCUT2D eigenvalue weighted by molar-refractivity contribution is 8.00. The Morgan fingerprint density at radius 2 is 2.36 bits per heavy atom. The molecule has 0 unspecified atom stereocenters. The van der Waals surface area contributed by atoms with E-state index in [1.54, 1.807) is 12.4 Å². The molecule has 0 spiro atoms. The number of hydrazone groups is 1. The number of aromatic nitrogens is 2. The Labute approximate surface area is 72.7 Å². The molecule has 11 heavy (non-hydrogen) atoms. The van der Waals surface area contributed by atoms with Crippen molar-refractivity contribution < 1.29 is 0 Å². The van der Waals surface area contributed by atoms with Gasteiger partial charge in [0, 0.05) is 11.6 Å². The third-order valence-electron chi connectivity index (χ3n) is 0.695. The van der Waals surface area contributed by atoms with Crippen LogP contribution < -0.4 is 4.83 Å². The summed E-state index contributed by atoms with van der Waals surface area (Å²) in [4.78, 5) is 2.68. The van der Waals surface area contributed by atoms with Crippen LogP contribution in [-0.4, -0.2) is 15.8 Å². The van der Waals surface area contributed by atoms with Crippen LogP contribution in [0.15, 0.2) is 28.2 Å². The Kier molecular flexibility index (Phi) is 4.39. The summed E-state index contributed by atoms with van der Waals surface area (Å²) in [6.45, 7) is 0. The van der Waals surface area contributed by atoms with E-state index in [-0.39, 0.29) is 0 Å². The summed E-state index contributed by atoms with van der Waals surface area (Å²) >= 11 is 2.82. The monoisotopic (exact) mass is 186 g/mol. The lowest BCUT2D eigenvalue weighted by atomic mass is 10.7. The van der Waals surface area contributed by atoms with Crippen molar-refractivity contribution in [2.45, 2.75) is 0 Å². The highest BCUT2D eigenvalue weighted by atomic mass is 32.2. The molecule has 1 aliphatic rings. The van der Waals surface area contributed by atoms with Gasteiger partial charge in [-0.15, -0.1) is 5.10 Å². The van der Waals surface area contributed by atoms with Gasteiger partial charge in [0.1, 0.15) is 0 Å².